The molecule has 0 aliphatic carbocycles. The van der Waals surface area contributed by atoms with Crippen molar-refractivity contribution in [1.29, 1.82) is 0 Å². The molecule has 27 heavy (non-hydrogen) atoms. The molecule has 2 aromatic carbocycles. The number of ether oxygens (including phenoxy) is 1. The van der Waals surface area contributed by atoms with Crippen molar-refractivity contribution in [2.45, 2.75) is 17.0 Å². The third-order valence-electron chi connectivity index (χ3n) is 4.25. The van der Waals surface area contributed by atoms with E-state index in [1.54, 1.807) is 24.3 Å². The molecule has 1 N–H and O–H groups in total. The second-order valence-corrected chi connectivity index (χ2v) is 6.89. The summed E-state index contributed by atoms with van der Waals surface area (Å²) in [5.74, 6) is -0.655. The Morgan fingerprint density at radius 3 is 2.44 bits per heavy atom. The van der Waals surface area contributed by atoms with Gasteiger partial charge in [-0.1, -0.05) is 46.3 Å². The lowest BCUT2D eigenvalue weighted by molar-refractivity contribution is -0.384. The first-order chi connectivity index (χ1) is 12.9. The van der Waals surface area contributed by atoms with Crippen molar-refractivity contribution < 1.29 is 24.4 Å². The minimum atomic E-state index is -1.30. The number of imide groups is 1. The molecular weight excluding hydrogens is 420 g/mol. The standard InChI is InChI=1S/C18H15BrN2O6/c19-15(16(22)12-6-8-13(9-7-12)21(25)26)17(23)20-14(10-27-18(20)24)11-4-2-1-3-5-11/h1-9,14-16,22H,10H2/t14-,15-,16+/m0/s1. The smallest absolute Gasteiger partial charge is 0.417 e. The number of rotatable bonds is 5. The predicted octanol–water partition coefficient (Wildman–Crippen LogP) is 3.11. The minimum Gasteiger partial charge on any atom is -0.446 e. The summed E-state index contributed by atoms with van der Waals surface area (Å²) >= 11 is 3.15. The lowest BCUT2D eigenvalue weighted by Gasteiger charge is -2.25. The lowest BCUT2D eigenvalue weighted by Crippen LogP contribution is -2.41. The number of cyclic esters (lactones) is 1. The van der Waals surface area contributed by atoms with Crippen LogP contribution < -0.4 is 0 Å². The molecule has 8 nitrogen and oxygen atoms in total. The number of benzene rings is 2. The number of non-ortho nitro benzene ring substituents is 1. The first-order valence-electron chi connectivity index (χ1n) is 8.01. The number of alkyl halides is 1. The molecule has 0 radical (unpaired) electrons. The van der Waals surface area contributed by atoms with Gasteiger partial charge in [-0.05, 0) is 23.3 Å². The van der Waals surface area contributed by atoms with Crippen molar-refractivity contribution in [2.75, 3.05) is 6.61 Å². The summed E-state index contributed by atoms with van der Waals surface area (Å²) in [7, 11) is 0. The zero-order valence-electron chi connectivity index (χ0n) is 13.9. The van der Waals surface area contributed by atoms with Gasteiger partial charge in [0.1, 0.15) is 23.6 Å². The summed E-state index contributed by atoms with van der Waals surface area (Å²) in [6.45, 7) is 0.0297. The van der Waals surface area contributed by atoms with Gasteiger partial charge in [0, 0.05) is 12.1 Å². The molecule has 0 unspecified atom stereocenters. The van der Waals surface area contributed by atoms with Gasteiger partial charge in [0.25, 0.3) is 5.69 Å². The first kappa shape index (κ1) is 19.0. The molecule has 0 spiro atoms. The van der Waals surface area contributed by atoms with Crippen molar-refractivity contribution >= 4 is 33.6 Å². The van der Waals surface area contributed by atoms with Crippen molar-refractivity contribution in [3.8, 4) is 0 Å². The SMILES string of the molecule is O=C1OC[C@@H](c2ccccc2)N1C(=O)[C@@H](Br)[C@H](O)c1ccc([N+](=O)[O-])cc1. The largest absolute Gasteiger partial charge is 0.446 e. The molecule has 3 atom stereocenters. The molecular formula is C18H15BrN2O6. The number of halogens is 1. The van der Waals surface area contributed by atoms with Gasteiger partial charge < -0.3 is 9.84 Å². The first-order valence-corrected chi connectivity index (χ1v) is 8.93. The van der Waals surface area contributed by atoms with Crippen LogP contribution in [0.5, 0.6) is 0 Å². The maximum atomic E-state index is 12.8. The molecule has 1 heterocycles. The van der Waals surface area contributed by atoms with E-state index in [-0.39, 0.29) is 12.3 Å². The summed E-state index contributed by atoms with van der Waals surface area (Å²) < 4.78 is 5.02. The Morgan fingerprint density at radius 1 is 1.22 bits per heavy atom. The van der Waals surface area contributed by atoms with Crippen LogP contribution in [0.1, 0.15) is 23.3 Å². The number of nitro benzene ring substituents is 1. The highest BCUT2D eigenvalue weighted by atomic mass is 79.9. The number of carbonyl (C=O) groups is 2. The number of aliphatic hydroxyl groups excluding tert-OH is 1. The summed E-state index contributed by atoms with van der Waals surface area (Å²) in [6.07, 6.45) is -2.09. The number of hydrogen-bond acceptors (Lipinski definition) is 6. The van der Waals surface area contributed by atoms with E-state index in [1.165, 1.54) is 24.3 Å². The Bertz CT molecular complexity index is 858. The van der Waals surface area contributed by atoms with Gasteiger partial charge in [0.15, 0.2) is 0 Å². The molecule has 9 heteroatoms. The van der Waals surface area contributed by atoms with Crippen LogP contribution in [0.2, 0.25) is 0 Å². The Hall–Kier alpha value is -2.78. The zero-order valence-corrected chi connectivity index (χ0v) is 15.5. The Morgan fingerprint density at radius 2 is 1.85 bits per heavy atom. The second kappa shape index (κ2) is 7.85. The molecule has 0 saturated carbocycles. The summed E-state index contributed by atoms with van der Waals surface area (Å²) in [5.41, 5.74) is 0.913. The molecule has 1 aliphatic heterocycles. The average molecular weight is 435 g/mol. The van der Waals surface area contributed by atoms with Gasteiger partial charge in [-0.3, -0.25) is 14.9 Å². The number of nitrogens with zero attached hydrogens (tertiary/aromatic N) is 2. The molecule has 3 rings (SSSR count). The maximum Gasteiger partial charge on any atom is 0.417 e. The zero-order chi connectivity index (χ0) is 19.6. The summed E-state index contributed by atoms with van der Waals surface area (Å²) in [5, 5.41) is 21.2. The Labute approximate surface area is 162 Å². The number of nitro groups is 1. The van der Waals surface area contributed by atoms with Crippen molar-refractivity contribution in [1.82, 2.24) is 4.90 Å². The van der Waals surface area contributed by atoms with Gasteiger partial charge in [0.2, 0.25) is 5.91 Å². The molecule has 1 fully saturated rings. The van der Waals surface area contributed by atoms with Gasteiger partial charge in [-0.15, -0.1) is 0 Å². The van der Waals surface area contributed by atoms with E-state index in [0.717, 1.165) is 10.5 Å². The van der Waals surface area contributed by atoms with Crippen molar-refractivity contribution in [2.24, 2.45) is 0 Å². The van der Waals surface area contributed by atoms with E-state index < -0.39 is 33.9 Å². The molecule has 2 aromatic rings. The monoisotopic (exact) mass is 434 g/mol. The third-order valence-corrected chi connectivity index (χ3v) is 5.15. The van der Waals surface area contributed by atoms with E-state index in [9.17, 15) is 24.8 Å². The van der Waals surface area contributed by atoms with Crippen molar-refractivity contribution in [3.05, 3.63) is 75.8 Å². The highest BCUT2D eigenvalue weighted by molar-refractivity contribution is 9.10. The quantitative estimate of drug-likeness (QED) is 0.439. The van der Waals surface area contributed by atoms with Gasteiger partial charge in [0.05, 0.1) is 4.92 Å². The van der Waals surface area contributed by atoms with E-state index in [1.807, 2.05) is 6.07 Å². The fraction of sp³-hybridized carbons (Fsp3) is 0.222. The third kappa shape index (κ3) is 3.83. The highest BCUT2D eigenvalue weighted by Crippen LogP contribution is 2.32. The predicted molar refractivity (Wildman–Crippen MR) is 98.1 cm³/mol. The van der Waals surface area contributed by atoms with Crippen LogP contribution in [-0.2, 0) is 9.53 Å². The molecule has 1 saturated heterocycles. The molecule has 1 aliphatic rings. The topological polar surface area (TPSA) is 110 Å². The van der Waals surface area contributed by atoms with Gasteiger partial charge in [-0.25, -0.2) is 9.69 Å². The fourth-order valence-corrected chi connectivity index (χ4v) is 3.34. The highest BCUT2D eigenvalue weighted by Gasteiger charge is 2.43. The normalized spacial score (nSPS) is 18.7. The van der Waals surface area contributed by atoms with E-state index in [4.69, 9.17) is 4.74 Å². The lowest BCUT2D eigenvalue weighted by atomic mass is 10.0. The van der Waals surface area contributed by atoms with Crippen LogP contribution in [-0.4, -0.2) is 38.4 Å². The Balaban J connectivity index is 1.80. The van der Waals surface area contributed by atoms with Crippen LogP contribution in [0.3, 0.4) is 0 Å². The molecule has 140 valence electrons. The Kier molecular flexibility index (Phi) is 5.52. The number of hydrogen-bond donors (Lipinski definition) is 1. The molecule has 0 bridgehead atoms. The van der Waals surface area contributed by atoms with Crippen LogP contribution >= 0.6 is 15.9 Å². The maximum absolute atomic E-state index is 12.8. The van der Waals surface area contributed by atoms with E-state index >= 15 is 0 Å². The van der Waals surface area contributed by atoms with Crippen LogP contribution in [0.25, 0.3) is 0 Å². The van der Waals surface area contributed by atoms with Crippen LogP contribution in [0.4, 0.5) is 10.5 Å². The van der Waals surface area contributed by atoms with E-state index in [0.29, 0.717) is 5.56 Å². The summed E-state index contributed by atoms with van der Waals surface area (Å²) in [4.78, 5) is 34.9. The average Bonchev–Trinajstić information content (AvgIpc) is 3.08. The van der Waals surface area contributed by atoms with E-state index in [2.05, 4.69) is 15.9 Å². The minimum absolute atomic E-state index is 0.0297. The van der Waals surface area contributed by atoms with Crippen LogP contribution in [0.15, 0.2) is 54.6 Å². The van der Waals surface area contributed by atoms with Crippen LogP contribution in [0, 0.1) is 10.1 Å². The fourth-order valence-electron chi connectivity index (χ4n) is 2.82. The van der Waals surface area contributed by atoms with Gasteiger partial charge >= 0.3 is 6.09 Å². The second-order valence-electron chi connectivity index (χ2n) is 5.91. The summed E-state index contributed by atoms with van der Waals surface area (Å²) in [6, 6.07) is 13.6. The van der Waals surface area contributed by atoms with Gasteiger partial charge in [-0.2, -0.15) is 0 Å². The van der Waals surface area contributed by atoms with Crippen molar-refractivity contribution in [3.63, 3.8) is 0 Å². The number of carbonyl (C=O) groups excluding carboxylic acids is 2. The number of aliphatic hydroxyl groups is 1. The molecule has 2 amide bonds. The molecule has 0 aromatic heterocycles. The number of amides is 2.